The van der Waals surface area contributed by atoms with E-state index in [2.05, 4.69) is 20.8 Å². The second kappa shape index (κ2) is 8.62. The van der Waals surface area contributed by atoms with Gasteiger partial charge < -0.3 is 19.9 Å². The molecular weight excluding hydrogens is 320 g/mol. The molecule has 0 radical (unpaired) electrons. The Labute approximate surface area is 147 Å². The molecule has 25 heavy (non-hydrogen) atoms. The van der Waals surface area contributed by atoms with Crippen LogP contribution in [0.15, 0.2) is 34.9 Å². The van der Waals surface area contributed by atoms with Gasteiger partial charge in [-0.2, -0.15) is 4.98 Å². The van der Waals surface area contributed by atoms with Crippen molar-refractivity contribution in [2.75, 3.05) is 13.2 Å². The maximum absolute atomic E-state index is 12.0. The van der Waals surface area contributed by atoms with Gasteiger partial charge in [-0.05, 0) is 44.7 Å². The molecule has 7 nitrogen and oxygen atoms in total. The Morgan fingerprint density at radius 1 is 1.32 bits per heavy atom. The first-order valence-corrected chi connectivity index (χ1v) is 8.77. The van der Waals surface area contributed by atoms with Gasteiger partial charge in [0.1, 0.15) is 0 Å². The third kappa shape index (κ3) is 5.03. The van der Waals surface area contributed by atoms with Gasteiger partial charge in [-0.15, -0.1) is 0 Å². The SMILES string of the molecule is C[C@H](NC(=O)NCC[C@@H]1CCCCO1)c1noc(-c2ccccc2)n1. The molecule has 0 saturated carbocycles. The predicted octanol–water partition coefficient (Wildman–Crippen LogP) is 3.06. The molecule has 134 valence electrons. The van der Waals surface area contributed by atoms with E-state index in [-0.39, 0.29) is 18.2 Å². The molecule has 2 N–H and O–H groups in total. The highest BCUT2D eigenvalue weighted by Gasteiger charge is 2.17. The van der Waals surface area contributed by atoms with Gasteiger partial charge in [-0.25, -0.2) is 4.79 Å². The molecule has 2 amide bonds. The minimum atomic E-state index is -0.341. The van der Waals surface area contributed by atoms with Crippen molar-refractivity contribution >= 4 is 6.03 Å². The maximum atomic E-state index is 12.0. The van der Waals surface area contributed by atoms with E-state index in [4.69, 9.17) is 9.26 Å². The number of carbonyl (C=O) groups excluding carboxylic acids is 1. The second-order valence-corrected chi connectivity index (χ2v) is 6.22. The van der Waals surface area contributed by atoms with Crippen LogP contribution in [0.25, 0.3) is 11.5 Å². The Hall–Kier alpha value is -2.41. The number of urea groups is 1. The van der Waals surface area contributed by atoms with E-state index in [1.807, 2.05) is 37.3 Å². The highest BCUT2D eigenvalue weighted by atomic mass is 16.5. The molecule has 0 spiro atoms. The van der Waals surface area contributed by atoms with Crippen molar-refractivity contribution < 1.29 is 14.1 Å². The Bertz CT molecular complexity index is 668. The van der Waals surface area contributed by atoms with E-state index in [1.165, 1.54) is 6.42 Å². The fourth-order valence-electron chi connectivity index (χ4n) is 2.80. The van der Waals surface area contributed by atoms with E-state index in [1.54, 1.807) is 0 Å². The number of hydrogen-bond acceptors (Lipinski definition) is 5. The zero-order chi connectivity index (χ0) is 17.5. The average Bonchev–Trinajstić information content (AvgIpc) is 3.14. The number of rotatable bonds is 6. The number of benzene rings is 1. The van der Waals surface area contributed by atoms with Crippen molar-refractivity contribution in [1.29, 1.82) is 0 Å². The predicted molar refractivity (Wildman–Crippen MR) is 92.9 cm³/mol. The molecule has 2 aromatic rings. The van der Waals surface area contributed by atoms with Crippen LogP contribution in [0.2, 0.25) is 0 Å². The minimum Gasteiger partial charge on any atom is -0.378 e. The van der Waals surface area contributed by atoms with E-state index in [0.717, 1.165) is 31.4 Å². The Balaban J connectivity index is 1.44. The summed E-state index contributed by atoms with van der Waals surface area (Å²) in [5.74, 6) is 0.892. The quantitative estimate of drug-likeness (QED) is 0.841. The zero-order valence-electron chi connectivity index (χ0n) is 14.4. The van der Waals surface area contributed by atoms with Crippen LogP contribution in [0.3, 0.4) is 0 Å². The van der Waals surface area contributed by atoms with Crippen LogP contribution >= 0.6 is 0 Å². The van der Waals surface area contributed by atoms with Crippen molar-refractivity contribution in [2.24, 2.45) is 0 Å². The number of hydrogen-bond donors (Lipinski definition) is 2. The second-order valence-electron chi connectivity index (χ2n) is 6.22. The maximum Gasteiger partial charge on any atom is 0.315 e. The fraction of sp³-hybridized carbons (Fsp3) is 0.500. The highest BCUT2D eigenvalue weighted by molar-refractivity contribution is 5.74. The third-order valence-corrected chi connectivity index (χ3v) is 4.22. The summed E-state index contributed by atoms with van der Waals surface area (Å²) in [7, 11) is 0. The highest BCUT2D eigenvalue weighted by Crippen LogP contribution is 2.18. The molecule has 1 aromatic heterocycles. The van der Waals surface area contributed by atoms with E-state index < -0.39 is 0 Å². The van der Waals surface area contributed by atoms with Gasteiger partial charge in [0, 0.05) is 18.7 Å². The first kappa shape index (κ1) is 17.4. The van der Waals surface area contributed by atoms with Gasteiger partial charge in [0.15, 0.2) is 5.82 Å². The van der Waals surface area contributed by atoms with Crippen LogP contribution in [0.1, 0.15) is 44.5 Å². The number of aromatic nitrogens is 2. The summed E-state index contributed by atoms with van der Waals surface area (Å²) in [6, 6.07) is 8.95. The molecule has 7 heteroatoms. The van der Waals surface area contributed by atoms with Gasteiger partial charge in [-0.3, -0.25) is 0 Å². The Kier molecular flexibility index (Phi) is 6.00. The number of amides is 2. The standard InChI is InChI=1S/C18H24N4O3/c1-13(16-21-17(25-22-16)14-7-3-2-4-8-14)20-18(23)19-11-10-15-9-5-6-12-24-15/h2-4,7-8,13,15H,5-6,9-12H2,1H3,(H2,19,20,23)/t13-,15-/m0/s1. The van der Waals surface area contributed by atoms with Crippen molar-refractivity contribution in [3.63, 3.8) is 0 Å². The van der Waals surface area contributed by atoms with Crippen molar-refractivity contribution in [2.45, 2.75) is 44.8 Å². The van der Waals surface area contributed by atoms with E-state index in [0.29, 0.717) is 18.3 Å². The molecule has 2 heterocycles. The summed E-state index contributed by atoms with van der Waals surface area (Å²) < 4.78 is 10.9. The molecule has 2 atom stereocenters. The van der Waals surface area contributed by atoms with Crippen LogP contribution in [-0.2, 0) is 4.74 Å². The lowest BCUT2D eigenvalue weighted by Gasteiger charge is -2.22. The molecule has 3 rings (SSSR count). The lowest BCUT2D eigenvalue weighted by Crippen LogP contribution is -2.39. The Morgan fingerprint density at radius 2 is 2.16 bits per heavy atom. The van der Waals surface area contributed by atoms with E-state index >= 15 is 0 Å². The normalized spacial score (nSPS) is 18.5. The molecule has 1 aliphatic heterocycles. The van der Waals surface area contributed by atoms with Crippen molar-refractivity contribution in [1.82, 2.24) is 20.8 Å². The molecule has 0 unspecified atom stereocenters. The van der Waals surface area contributed by atoms with Gasteiger partial charge in [0.2, 0.25) is 0 Å². The number of nitrogens with one attached hydrogen (secondary N) is 2. The molecule has 0 aliphatic carbocycles. The number of ether oxygens (including phenoxy) is 1. The van der Waals surface area contributed by atoms with Gasteiger partial charge in [-0.1, -0.05) is 23.4 Å². The summed E-state index contributed by atoms with van der Waals surface area (Å²) in [5.41, 5.74) is 0.852. The lowest BCUT2D eigenvalue weighted by atomic mass is 10.1. The van der Waals surface area contributed by atoms with Crippen LogP contribution < -0.4 is 10.6 Å². The smallest absolute Gasteiger partial charge is 0.315 e. The number of nitrogens with zero attached hydrogens (tertiary/aromatic N) is 2. The van der Waals surface area contributed by atoms with Crippen LogP contribution in [-0.4, -0.2) is 35.4 Å². The fourth-order valence-corrected chi connectivity index (χ4v) is 2.80. The zero-order valence-corrected chi connectivity index (χ0v) is 14.4. The average molecular weight is 344 g/mol. The third-order valence-electron chi connectivity index (χ3n) is 4.22. The molecule has 1 fully saturated rings. The minimum absolute atomic E-state index is 0.241. The molecule has 1 aromatic carbocycles. The Morgan fingerprint density at radius 3 is 2.92 bits per heavy atom. The van der Waals surface area contributed by atoms with Gasteiger partial charge >= 0.3 is 6.03 Å². The number of carbonyl (C=O) groups is 1. The van der Waals surface area contributed by atoms with Crippen molar-refractivity contribution in [3.05, 3.63) is 36.2 Å². The van der Waals surface area contributed by atoms with Crippen LogP contribution in [0.5, 0.6) is 0 Å². The first-order chi connectivity index (χ1) is 12.2. The molecular formula is C18H24N4O3. The molecule has 0 bridgehead atoms. The van der Waals surface area contributed by atoms with E-state index in [9.17, 15) is 4.79 Å². The summed E-state index contributed by atoms with van der Waals surface area (Å²) in [6.45, 7) is 3.24. The molecule has 1 saturated heterocycles. The van der Waals surface area contributed by atoms with Gasteiger partial charge in [0.25, 0.3) is 5.89 Å². The topological polar surface area (TPSA) is 89.3 Å². The monoisotopic (exact) mass is 344 g/mol. The van der Waals surface area contributed by atoms with Gasteiger partial charge in [0.05, 0.1) is 12.1 Å². The summed E-state index contributed by atoms with van der Waals surface area (Å²) in [4.78, 5) is 16.3. The first-order valence-electron chi connectivity index (χ1n) is 8.77. The summed E-state index contributed by atoms with van der Waals surface area (Å²) in [5, 5.41) is 9.63. The lowest BCUT2D eigenvalue weighted by molar-refractivity contribution is 0.0120. The van der Waals surface area contributed by atoms with Crippen molar-refractivity contribution in [3.8, 4) is 11.5 Å². The van der Waals surface area contributed by atoms with Crippen LogP contribution in [0.4, 0.5) is 4.79 Å². The largest absolute Gasteiger partial charge is 0.378 e. The molecule has 1 aliphatic rings. The summed E-state index contributed by atoms with van der Waals surface area (Å²) >= 11 is 0. The van der Waals surface area contributed by atoms with Crippen LogP contribution in [0, 0.1) is 0 Å². The summed E-state index contributed by atoms with van der Waals surface area (Å²) in [6.07, 6.45) is 4.51.